The van der Waals surface area contributed by atoms with Crippen LogP contribution in [0.5, 0.6) is 5.75 Å². The Morgan fingerprint density at radius 2 is 1.42 bits per heavy atom. The van der Waals surface area contributed by atoms with Crippen LogP contribution in [0.15, 0.2) is 36.4 Å². The molecule has 0 bridgehead atoms. The minimum absolute atomic E-state index is 0.0139. The van der Waals surface area contributed by atoms with Crippen molar-refractivity contribution in [3.8, 4) is 17.6 Å². The van der Waals surface area contributed by atoms with E-state index in [4.69, 9.17) is 4.74 Å². The molecule has 0 aliphatic carbocycles. The van der Waals surface area contributed by atoms with Crippen LogP contribution in [0.2, 0.25) is 0 Å². The van der Waals surface area contributed by atoms with Gasteiger partial charge < -0.3 is 4.74 Å². The molecule has 2 aromatic rings. The second-order valence-electron chi connectivity index (χ2n) is 6.14. The Morgan fingerprint density at radius 3 is 2.08 bits per heavy atom. The second kappa shape index (κ2) is 11.2. The topological polar surface area (TPSA) is 9.23 Å². The molecule has 2 aromatic carbocycles. The predicted octanol–water partition coefficient (Wildman–Crippen LogP) is 6.71. The number of benzene rings is 2. The zero-order valence-corrected chi connectivity index (χ0v) is 17.1. The highest BCUT2D eigenvalue weighted by atomic mass is 127. The fraction of sp³-hybridized carbons (Fsp3) is 0.364. The van der Waals surface area contributed by atoms with E-state index in [2.05, 4.69) is 18.8 Å². The lowest BCUT2D eigenvalue weighted by Crippen LogP contribution is -1.97. The highest BCUT2D eigenvalue weighted by Crippen LogP contribution is 2.17. The predicted molar refractivity (Wildman–Crippen MR) is 110 cm³/mol. The van der Waals surface area contributed by atoms with E-state index >= 15 is 0 Å². The van der Waals surface area contributed by atoms with Crippen LogP contribution in [0.25, 0.3) is 0 Å². The molecule has 0 saturated heterocycles. The molecule has 0 radical (unpaired) electrons. The van der Waals surface area contributed by atoms with Crippen LogP contribution >= 0.6 is 22.6 Å². The quantitative estimate of drug-likeness (QED) is 0.181. The monoisotopic (exact) mass is 468 g/mol. The molecule has 0 aromatic heterocycles. The van der Waals surface area contributed by atoms with Crippen molar-refractivity contribution < 1.29 is 13.5 Å². The van der Waals surface area contributed by atoms with Gasteiger partial charge in [-0.25, -0.2) is 8.78 Å². The molecule has 0 fully saturated rings. The molecule has 0 N–H and O–H groups in total. The smallest absolute Gasteiger partial charge is 0.140 e. The average molecular weight is 468 g/mol. The van der Waals surface area contributed by atoms with Crippen molar-refractivity contribution in [3.05, 3.63) is 62.7 Å². The van der Waals surface area contributed by atoms with Crippen LogP contribution in [-0.2, 0) is 0 Å². The van der Waals surface area contributed by atoms with Crippen LogP contribution in [-0.4, -0.2) is 6.61 Å². The lowest BCUT2D eigenvalue weighted by atomic mass is 10.1. The SMILES string of the molecule is CCCCCCCCOc1ccc(C#Cc2cc(F)c(I)c(F)c2)cc1. The van der Waals surface area contributed by atoms with Crippen molar-refractivity contribution in [3.63, 3.8) is 0 Å². The Hall–Kier alpha value is -1.61. The first kappa shape index (κ1) is 20.7. The third kappa shape index (κ3) is 6.95. The van der Waals surface area contributed by atoms with E-state index in [1.165, 1.54) is 44.2 Å². The van der Waals surface area contributed by atoms with Gasteiger partial charge in [0.25, 0.3) is 0 Å². The van der Waals surface area contributed by atoms with Gasteiger partial charge in [0.2, 0.25) is 0 Å². The minimum atomic E-state index is -0.589. The Bertz CT molecular complexity index is 737. The maximum atomic E-state index is 13.5. The van der Waals surface area contributed by atoms with Crippen molar-refractivity contribution in [1.29, 1.82) is 0 Å². The first-order valence-corrected chi connectivity index (χ1v) is 10.1. The normalized spacial score (nSPS) is 10.3. The summed E-state index contributed by atoms with van der Waals surface area (Å²) in [5.74, 6) is 5.34. The molecule has 0 atom stereocenters. The lowest BCUT2D eigenvalue weighted by Gasteiger charge is -2.06. The summed E-state index contributed by atoms with van der Waals surface area (Å²) in [5.41, 5.74) is 1.10. The zero-order chi connectivity index (χ0) is 18.8. The van der Waals surface area contributed by atoms with Crippen molar-refractivity contribution in [1.82, 2.24) is 0 Å². The molecule has 0 amide bonds. The van der Waals surface area contributed by atoms with Gasteiger partial charge in [-0.3, -0.25) is 0 Å². The van der Waals surface area contributed by atoms with Gasteiger partial charge in [0.1, 0.15) is 17.4 Å². The number of unbranched alkanes of at least 4 members (excludes halogenated alkanes) is 5. The van der Waals surface area contributed by atoms with E-state index in [-0.39, 0.29) is 3.57 Å². The molecular formula is C22H23F2IO. The summed E-state index contributed by atoms with van der Waals surface area (Å²) in [4.78, 5) is 0. The molecule has 138 valence electrons. The summed E-state index contributed by atoms with van der Waals surface area (Å²) in [6, 6.07) is 9.93. The Labute approximate surface area is 168 Å². The van der Waals surface area contributed by atoms with Crippen LogP contribution in [0.4, 0.5) is 8.78 Å². The standard InChI is InChI=1S/C22H23F2IO/c1-2-3-4-5-6-7-14-26-19-12-10-17(11-13-19)8-9-18-15-20(23)22(25)21(24)16-18/h10-13,15-16H,2-7,14H2,1H3. The lowest BCUT2D eigenvalue weighted by molar-refractivity contribution is 0.304. The summed E-state index contributed by atoms with van der Waals surface area (Å²) in [7, 11) is 0. The maximum Gasteiger partial charge on any atom is 0.140 e. The van der Waals surface area contributed by atoms with E-state index in [0.29, 0.717) is 5.56 Å². The molecule has 26 heavy (non-hydrogen) atoms. The molecular weight excluding hydrogens is 445 g/mol. The number of halogens is 3. The Balaban J connectivity index is 1.83. The summed E-state index contributed by atoms with van der Waals surface area (Å²) in [6.07, 6.45) is 7.41. The van der Waals surface area contributed by atoms with E-state index in [9.17, 15) is 8.78 Å². The Kier molecular flexibility index (Phi) is 8.90. The van der Waals surface area contributed by atoms with Crippen molar-refractivity contribution in [2.75, 3.05) is 6.61 Å². The third-order valence-electron chi connectivity index (χ3n) is 3.96. The molecule has 2 rings (SSSR count). The van der Waals surface area contributed by atoms with Gasteiger partial charge in [0, 0.05) is 11.1 Å². The van der Waals surface area contributed by atoms with E-state index in [0.717, 1.165) is 24.3 Å². The highest BCUT2D eigenvalue weighted by molar-refractivity contribution is 14.1. The van der Waals surface area contributed by atoms with E-state index in [1.807, 2.05) is 24.3 Å². The fourth-order valence-corrected chi connectivity index (χ4v) is 2.79. The van der Waals surface area contributed by atoms with Crippen LogP contribution in [0.3, 0.4) is 0 Å². The highest BCUT2D eigenvalue weighted by Gasteiger charge is 2.06. The largest absolute Gasteiger partial charge is 0.494 e. The molecule has 4 heteroatoms. The van der Waals surface area contributed by atoms with Gasteiger partial charge in [-0.2, -0.15) is 0 Å². The molecule has 0 unspecified atom stereocenters. The summed E-state index contributed by atoms with van der Waals surface area (Å²) in [6.45, 7) is 2.94. The van der Waals surface area contributed by atoms with E-state index in [1.54, 1.807) is 22.6 Å². The van der Waals surface area contributed by atoms with Crippen LogP contribution < -0.4 is 4.74 Å². The molecule has 1 nitrogen and oxygen atoms in total. The van der Waals surface area contributed by atoms with Gasteiger partial charge in [-0.15, -0.1) is 0 Å². The molecule has 0 spiro atoms. The average Bonchev–Trinajstić information content (AvgIpc) is 2.64. The third-order valence-corrected chi connectivity index (χ3v) is 4.99. The second-order valence-corrected chi connectivity index (χ2v) is 7.22. The number of rotatable bonds is 8. The number of ether oxygens (including phenoxy) is 1. The Morgan fingerprint density at radius 1 is 0.846 bits per heavy atom. The van der Waals surface area contributed by atoms with Gasteiger partial charge >= 0.3 is 0 Å². The molecule has 0 aliphatic rings. The van der Waals surface area contributed by atoms with Gasteiger partial charge in [-0.1, -0.05) is 50.9 Å². The summed E-state index contributed by atoms with van der Waals surface area (Å²) >= 11 is 1.64. The first-order valence-electron chi connectivity index (χ1n) is 8.99. The van der Waals surface area contributed by atoms with Crippen LogP contribution in [0.1, 0.15) is 56.6 Å². The maximum absolute atomic E-state index is 13.5. The summed E-state index contributed by atoms with van der Waals surface area (Å²) in [5, 5.41) is 0. The zero-order valence-electron chi connectivity index (χ0n) is 15.0. The summed E-state index contributed by atoms with van der Waals surface area (Å²) < 4.78 is 32.8. The van der Waals surface area contributed by atoms with Crippen molar-refractivity contribution >= 4 is 22.6 Å². The number of hydrogen-bond acceptors (Lipinski definition) is 1. The molecule has 0 aliphatic heterocycles. The van der Waals surface area contributed by atoms with E-state index < -0.39 is 11.6 Å². The van der Waals surface area contributed by atoms with Gasteiger partial charge in [-0.05, 0) is 65.4 Å². The van der Waals surface area contributed by atoms with Gasteiger partial charge in [0.05, 0.1) is 10.2 Å². The van der Waals surface area contributed by atoms with Crippen LogP contribution in [0, 0.1) is 27.0 Å². The number of hydrogen-bond donors (Lipinski definition) is 0. The molecule has 0 saturated carbocycles. The minimum Gasteiger partial charge on any atom is -0.494 e. The van der Waals surface area contributed by atoms with Gasteiger partial charge in [0.15, 0.2) is 0 Å². The van der Waals surface area contributed by atoms with Crippen molar-refractivity contribution in [2.24, 2.45) is 0 Å². The first-order chi connectivity index (χ1) is 12.6. The van der Waals surface area contributed by atoms with Crippen molar-refractivity contribution in [2.45, 2.75) is 45.4 Å². The molecule has 0 heterocycles. The fourth-order valence-electron chi connectivity index (χ4n) is 2.48.